The van der Waals surface area contributed by atoms with Gasteiger partial charge in [0.2, 0.25) is 0 Å². The smallest absolute Gasteiger partial charge is 0.191 e. The van der Waals surface area contributed by atoms with E-state index in [9.17, 15) is 4.39 Å². The molecule has 3 aromatic rings. The highest BCUT2D eigenvalue weighted by Gasteiger charge is 2.07. The minimum atomic E-state index is -0.211. The van der Waals surface area contributed by atoms with Gasteiger partial charge in [0.15, 0.2) is 5.96 Å². The third-order valence-corrected chi connectivity index (χ3v) is 4.14. The van der Waals surface area contributed by atoms with Crippen molar-refractivity contribution in [3.63, 3.8) is 0 Å². The third kappa shape index (κ3) is 4.15. The fourth-order valence-electron chi connectivity index (χ4n) is 2.71. The van der Waals surface area contributed by atoms with Gasteiger partial charge in [0, 0.05) is 20.6 Å². The number of aromatic nitrogens is 2. The van der Waals surface area contributed by atoms with Crippen LogP contribution in [-0.2, 0) is 20.0 Å². The summed E-state index contributed by atoms with van der Waals surface area (Å²) in [5.74, 6) is 1.45. The summed E-state index contributed by atoms with van der Waals surface area (Å²) >= 11 is 0. The van der Waals surface area contributed by atoms with Crippen LogP contribution in [0.5, 0.6) is 0 Å². The molecule has 0 unspecified atom stereocenters. The van der Waals surface area contributed by atoms with Gasteiger partial charge in [-0.05, 0) is 36.2 Å². The molecule has 2 N–H and O–H groups in total. The Morgan fingerprint density at radius 3 is 2.60 bits per heavy atom. The van der Waals surface area contributed by atoms with Crippen LogP contribution in [0, 0.1) is 5.82 Å². The fourth-order valence-corrected chi connectivity index (χ4v) is 2.71. The van der Waals surface area contributed by atoms with Gasteiger partial charge in [0.1, 0.15) is 11.6 Å². The zero-order chi connectivity index (χ0) is 17.6. The lowest BCUT2D eigenvalue weighted by Crippen LogP contribution is -2.38. The SMILES string of the molecule is CN=C(NCCc1ccc(F)cc1)NCc1nc2ccccc2n1C. The molecule has 0 amide bonds. The van der Waals surface area contributed by atoms with Gasteiger partial charge in [-0.2, -0.15) is 0 Å². The molecule has 130 valence electrons. The summed E-state index contributed by atoms with van der Waals surface area (Å²) < 4.78 is 15.0. The molecule has 1 aromatic heterocycles. The number of nitrogens with one attached hydrogen (secondary N) is 2. The predicted molar refractivity (Wildman–Crippen MR) is 99.0 cm³/mol. The number of imidazole rings is 1. The Balaban J connectivity index is 1.53. The van der Waals surface area contributed by atoms with Crippen LogP contribution in [0.15, 0.2) is 53.5 Å². The Hall–Kier alpha value is -2.89. The number of para-hydroxylation sites is 2. The van der Waals surface area contributed by atoms with Gasteiger partial charge < -0.3 is 15.2 Å². The topological polar surface area (TPSA) is 54.2 Å². The average Bonchev–Trinajstić information content (AvgIpc) is 2.96. The van der Waals surface area contributed by atoms with E-state index in [2.05, 4.69) is 31.2 Å². The van der Waals surface area contributed by atoms with E-state index in [1.54, 1.807) is 19.2 Å². The lowest BCUT2D eigenvalue weighted by atomic mass is 10.1. The lowest BCUT2D eigenvalue weighted by molar-refractivity contribution is 0.626. The van der Waals surface area contributed by atoms with E-state index in [0.29, 0.717) is 19.0 Å². The number of halogens is 1. The van der Waals surface area contributed by atoms with Gasteiger partial charge in [-0.15, -0.1) is 0 Å². The number of guanidine groups is 1. The second-order valence-corrected chi connectivity index (χ2v) is 5.80. The van der Waals surface area contributed by atoms with Crippen molar-refractivity contribution in [1.82, 2.24) is 20.2 Å². The number of hydrogen-bond acceptors (Lipinski definition) is 2. The standard InChI is InChI=1S/C19H22FN5/c1-21-19(22-12-11-14-7-9-15(20)10-8-14)23-13-18-24-16-5-3-4-6-17(16)25(18)2/h3-10H,11-13H2,1-2H3,(H2,21,22,23). The Labute approximate surface area is 146 Å². The van der Waals surface area contributed by atoms with Crippen LogP contribution in [0.2, 0.25) is 0 Å². The molecule has 0 aliphatic rings. The van der Waals surface area contributed by atoms with Gasteiger partial charge in [0.25, 0.3) is 0 Å². The van der Waals surface area contributed by atoms with Gasteiger partial charge >= 0.3 is 0 Å². The molecule has 5 nitrogen and oxygen atoms in total. The molecular formula is C19H22FN5. The van der Waals surface area contributed by atoms with Gasteiger partial charge in [-0.3, -0.25) is 4.99 Å². The second-order valence-electron chi connectivity index (χ2n) is 5.80. The zero-order valence-electron chi connectivity index (χ0n) is 14.5. The Kier molecular flexibility index (Phi) is 5.28. The van der Waals surface area contributed by atoms with Crippen molar-refractivity contribution in [1.29, 1.82) is 0 Å². The molecule has 25 heavy (non-hydrogen) atoms. The summed E-state index contributed by atoms with van der Waals surface area (Å²) in [7, 11) is 3.75. The number of rotatable bonds is 5. The van der Waals surface area contributed by atoms with E-state index >= 15 is 0 Å². The average molecular weight is 339 g/mol. The molecule has 6 heteroatoms. The maximum Gasteiger partial charge on any atom is 0.191 e. The van der Waals surface area contributed by atoms with Gasteiger partial charge in [0.05, 0.1) is 17.6 Å². The van der Waals surface area contributed by atoms with Crippen molar-refractivity contribution in [3.8, 4) is 0 Å². The van der Waals surface area contributed by atoms with Crippen LogP contribution in [-0.4, -0.2) is 29.1 Å². The summed E-state index contributed by atoms with van der Waals surface area (Å²) in [6.45, 7) is 1.30. The zero-order valence-corrected chi connectivity index (χ0v) is 14.5. The molecule has 1 heterocycles. The van der Waals surface area contributed by atoms with E-state index in [0.717, 1.165) is 28.8 Å². The molecule has 0 bridgehead atoms. The molecule has 2 aromatic carbocycles. The Morgan fingerprint density at radius 1 is 1.12 bits per heavy atom. The summed E-state index contributed by atoms with van der Waals surface area (Å²) in [5, 5.41) is 6.54. The van der Waals surface area contributed by atoms with Crippen molar-refractivity contribution in [2.75, 3.05) is 13.6 Å². The number of aryl methyl sites for hydroxylation is 1. The van der Waals surface area contributed by atoms with Crippen molar-refractivity contribution >= 4 is 17.0 Å². The monoisotopic (exact) mass is 339 g/mol. The number of hydrogen-bond donors (Lipinski definition) is 2. The normalized spacial score (nSPS) is 11.7. The highest BCUT2D eigenvalue weighted by molar-refractivity contribution is 5.80. The molecule has 0 saturated heterocycles. The van der Waals surface area contributed by atoms with Gasteiger partial charge in [-0.25, -0.2) is 9.37 Å². The van der Waals surface area contributed by atoms with E-state index in [1.807, 2.05) is 25.2 Å². The van der Waals surface area contributed by atoms with Crippen LogP contribution < -0.4 is 10.6 Å². The van der Waals surface area contributed by atoms with Crippen LogP contribution in [0.25, 0.3) is 11.0 Å². The van der Waals surface area contributed by atoms with Crippen LogP contribution in [0.3, 0.4) is 0 Å². The Morgan fingerprint density at radius 2 is 1.88 bits per heavy atom. The fraction of sp³-hybridized carbons (Fsp3) is 0.263. The molecule has 0 spiro atoms. The minimum absolute atomic E-state index is 0.211. The molecule has 0 atom stereocenters. The maximum absolute atomic E-state index is 12.9. The van der Waals surface area contributed by atoms with Gasteiger partial charge in [-0.1, -0.05) is 24.3 Å². The summed E-state index contributed by atoms with van der Waals surface area (Å²) in [6, 6.07) is 14.6. The number of aliphatic imine (C=N–C) groups is 1. The van der Waals surface area contributed by atoms with E-state index in [-0.39, 0.29) is 5.82 Å². The molecule has 0 aliphatic heterocycles. The maximum atomic E-state index is 12.9. The third-order valence-electron chi connectivity index (χ3n) is 4.14. The molecule has 0 aliphatic carbocycles. The predicted octanol–water partition coefficient (Wildman–Crippen LogP) is 2.62. The molecule has 0 radical (unpaired) electrons. The van der Waals surface area contributed by atoms with E-state index in [4.69, 9.17) is 0 Å². The van der Waals surface area contributed by atoms with Crippen molar-refractivity contribution < 1.29 is 4.39 Å². The van der Waals surface area contributed by atoms with Crippen molar-refractivity contribution in [2.24, 2.45) is 12.0 Å². The quantitative estimate of drug-likeness (QED) is 0.555. The Bertz CT molecular complexity index is 867. The summed E-state index contributed by atoms with van der Waals surface area (Å²) in [6.07, 6.45) is 0.799. The highest BCUT2D eigenvalue weighted by Crippen LogP contribution is 2.13. The first-order valence-electron chi connectivity index (χ1n) is 8.26. The first-order chi connectivity index (χ1) is 12.2. The van der Waals surface area contributed by atoms with Crippen LogP contribution in [0.4, 0.5) is 4.39 Å². The highest BCUT2D eigenvalue weighted by atomic mass is 19.1. The summed E-state index contributed by atoms with van der Waals surface area (Å²) in [4.78, 5) is 8.87. The second kappa shape index (κ2) is 7.79. The first-order valence-corrected chi connectivity index (χ1v) is 8.26. The minimum Gasteiger partial charge on any atom is -0.356 e. The molecule has 0 saturated carbocycles. The van der Waals surface area contributed by atoms with Crippen molar-refractivity contribution in [2.45, 2.75) is 13.0 Å². The van der Waals surface area contributed by atoms with Crippen LogP contribution in [0.1, 0.15) is 11.4 Å². The molecular weight excluding hydrogens is 317 g/mol. The lowest BCUT2D eigenvalue weighted by Gasteiger charge is -2.12. The molecule has 3 rings (SSSR count). The first kappa shape index (κ1) is 17.0. The van der Waals surface area contributed by atoms with E-state index in [1.165, 1.54) is 12.1 Å². The number of benzene rings is 2. The van der Waals surface area contributed by atoms with Crippen molar-refractivity contribution in [3.05, 3.63) is 65.7 Å². The largest absolute Gasteiger partial charge is 0.356 e. The number of fused-ring (bicyclic) bond motifs is 1. The van der Waals surface area contributed by atoms with E-state index < -0.39 is 0 Å². The molecule has 0 fully saturated rings. The number of nitrogens with zero attached hydrogens (tertiary/aromatic N) is 3. The van der Waals surface area contributed by atoms with Crippen LogP contribution >= 0.6 is 0 Å². The summed E-state index contributed by atoms with van der Waals surface area (Å²) in [5.41, 5.74) is 3.18.